The molecule has 1 fully saturated rings. The molecule has 1 atom stereocenters. The Kier molecular flexibility index (Phi) is 8.29. The van der Waals surface area contributed by atoms with Gasteiger partial charge in [-0.2, -0.15) is 9.40 Å². The van der Waals surface area contributed by atoms with Crippen LogP contribution in [0.5, 0.6) is 5.75 Å². The molecule has 208 valence electrons. The van der Waals surface area contributed by atoms with Crippen molar-refractivity contribution >= 4 is 65.6 Å². The number of thiazole rings is 1. The zero-order chi connectivity index (χ0) is 27.7. The Hall–Kier alpha value is -2.51. The zero-order valence-electron chi connectivity index (χ0n) is 22.0. The number of sulfonamides is 1. The second-order valence-corrected chi connectivity index (χ2v) is 14.2. The second-order valence-electron chi connectivity index (χ2n) is 9.36. The molecule has 0 bridgehead atoms. The highest BCUT2D eigenvalue weighted by atomic mass is 35.5. The SMILES string of the molecule is CCOc1cccc2sc(N(CCn3nc(C)cc3C)C(=O)C3CCCCN3S(=O)(=O)c3ccc(Cl)s3)nc12. The molecule has 4 aromatic rings. The molecule has 0 N–H and O–H groups in total. The third kappa shape index (κ3) is 5.71. The van der Waals surface area contributed by atoms with Gasteiger partial charge in [0, 0.05) is 18.8 Å². The number of piperidine rings is 1. The van der Waals surface area contributed by atoms with Crippen molar-refractivity contribution < 1.29 is 17.9 Å². The van der Waals surface area contributed by atoms with Gasteiger partial charge >= 0.3 is 0 Å². The van der Waals surface area contributed by atoms with Crippen molar-refractivity contribution in [1.82, 2.24) is 19.1 Å². The zero-order valence-corrected chi connectivity index (χ0v) is 25.2. The van der Waals surface area contributed by atoms with E-state index in [1.54, 1.807) is 11.0 Å². The molecule has 1 unspecified atom stereocenters. The maximum Gasteiger partial charge on any atom is 0.253 e. The number of halogens is 1. The van der Waals surface area contributed by atoms with E-state index < -0.39 is 16.1 Å². The number of anilines is 1. The lowest BCUT2D eigenvalue weighted by atomic mass is 10.0. The molecule has 1 saturated heterocycles. The van der Waals surface area contributed by atoms with Gasteiger partial charge in [-0.15, -0.1) is 11.3 Å². The standard InChI is InChI=1S/C26H30ClN5O4S3/c1-4-36-20-9-7-10-21-24(20)28-26(37-21)30(14-15-31-18(3)16-17(2)29-31)25(33)19-8-5-6-13-32(19)39(34,35)23-12-11-22(27)38-23/h7,9-12,16,19H,4-6,8,13-15H2,1-3H3. The van der Waals surface area contributed by atoms with Crippen LogP contribution >= 0.6 is 34.3 Å². The average Bonchev–Trinajstić information content (AvgIpc) is 3.63. The molecule has 13 heteroatoms. The van der Waals surface area contributed by atoms with Gasteiger partial charge in [0.1, 0.15) is 21.5 Å². The minimum Gasteiger partial charge on any atom is -0.492 e. The van der Waals surface area contributed by atoms with E-state index in [0.29, 0.717) is 53.3 Å². The third-order valence-electron chi connectivity index (χ3n) is 6.66. The second kappa shape index (κ2) is 11.5. The summed E-state index contributed by atoms with van der Waals surface area (Å²) in [5.74, 6) is 0.361. The number of fused-ring (bicyclic) bond motifs is 1. The molecule has 1 aliphatic rings. The van der Waals surface area contributed by atoms with Crippen molar-refractivity contribution in [3.8, 4) is 5.75 Å². The Balaban J connectivity index is 1.53. The van der Waals surface area contributed by atoms with E-state index in [1.165, 1.54) is 21.7 Å². The molecule has 0 spiro atoms. The fraction of sp³-hybridized carbons (Fsp3) is 0.423. The number of carbonyl (C=O) groups excluding carboxylic acids is 1. The maximum absolute atomic E-state index is 14.3. The first-order valence-corrected chi connectivity index (χ1v) is 16.3. The predicted octanol–water partition coefficient (Wildman–Crippen LogP) is 5.50. The highest BCUT2D eigenvalue weighted by molar-refractivity contribution is 7.91. The monoisotopic (exact) mass is 607 g/mol. The molecule has 5 rings (SSSR count). The van der Waals surface area contributed by atoms with Gasteiger partial charge in [0.05, 0.1) is 27.9 Å². The van der Waals surface area contributed by atoms with Crippen LogP contribution < -0.4 is 9.64 Å². The summed E-state index contributed by atoms with van der Waals surface area (Å²) in [6.07, 6.45) is 1.88. The Morgan fingerprint density at radius 2 is 2.03 bits per heavy atom. The summed E-state index contributed by atoms with van der Waals surface area (Å²) in [6, 6.07) is 9.92. The predicted molar refractivity (Wildman–Crippen MR) is 156 cm³/mol. The molecule has 0 radical (unpaired) electrons. The smallest absolute Gasteiger partial charge is 0.253 e. The summed E-state index contributed by atoms with van der Waals surface area (Å²) >= 11 is 8.45. The first-order valence-electron chi connectivity index (χ1n) is 12.8. The van der Waals surface area contributed by atoms with Crippen LogP contribution in [0.15, 0.2) is 40.6 Å². The van der Waals surface area contributed by atoms with Crippen LogP contribution in [0.3, 0.4) is 0 Å². The van der Waals surface area contributed by atoms with Crippen molar-refractivity contribution in [2.24, 2.45) is 0 Å². The molecule has 0 saturated carbocycles. The Morgan fingerprint density at radius 3 is 2.72 bits per heavy atom. The fourth-order valence-electron chi connectivity index (χ4n) is 4.87. The summed E-state index contributed by atoms with van der Waals surface area (Å²) in [5.41, 5.74) is 2.56. The normalized spacial score (nSPS) is 16.6. The Bertz CT molecular complexity index is 1600. The number of carbonyl (C=O) groups is 1. The van der Waals surface area contributed by atoms with Crippen molar-refractivity contribution in [2.75, 3.05) is 24.6 Å². The van der Waals surface area contributed by atoms with Crippen LogP contribution in [-0.4, -0.2) is 59.1 Å². The lowest BCUT2D eigenvalue weighted by molar-refractivity contribution is -0.123. The van der Waals surface area contributed by atoms with Crippen molar-refractivity contribution in [3.05, 3.63) is 52.1 Å². The van der Waals surface area contributed by atoms with Crippen LogP contribution in [0.4, 0.5) is 5.13 Å². The number of thiophene rings is 1. The summed E-state index contributed by atoms with van der Waals surface area (Å²) in [5, 5.41) is 5.05. The minimum atomic E-state index is -3.89. The van der Waals surface area contributed by atoms with Crippen LogP contribution in [0, 0.1) is 13.8 Å². The van der Waals surface area contributed by atoms with Crippen LogP contribution in [0.1, 0.15) is 37.6 Å². The molecule has 39 heavy (non-hydrogen) atoms. The van der Waals surface area contributed by atoms with E-state index in [-0.39, 0.29) is 16.7 Å². The number of hydrogen-bond acceptors (Lipinski definition) is 8. The van der Waals surface area contributed by atoms with Crippen LogP contribution in [-0.2, 0) is 21.4 Å². The molecule has 9 nitrogen and oxygen atoms in total. The summed E-state index contributed by atoms with van der Waals surface area (Å²) in [4.78, 5) is 20.7. The Labute approximate surface area is 241 Å². The van der Waals surface area contributed by atoms with E-state index in [9.17, 15) is 13.2 Å². The van der Waals surface area contributed by atoms with Crippen molar-refractivity contribution in [3.63, 3.8) is 0 Å². The highest BCUT2D eigenvalue weighted by Gasteiger charge is 2.41. The lowest BCUT2D eigenvalue weighted by Gasteiger charge is -2.35. The highest BCUT2D eigenvalue weighted by Crippen LogP contribution is 2.37. The van der Waals surface area contributed by atoms with E-state index in [2.05, 4.69) is 5.10 Å². The number of rotatable bonds is 9. The largest absolute Gasteiger partial charge is 0.492 e. The van der Waals surface area contributed by atoms with Gasteiger partial charge in [0.2, 0.25) is 5.91 Å². The van der Waals surface area contributed by atoms with E-state index in [0.717, 1.165) is 33.8 Å². The minimum absolute atomic E-state index is 0.141. The molecule has 0 aliphatic carbocycles. The van der Waals surface area contributed by atoms with Gasteiger partial charge in [-0.1, -0.05) is 35.4 Å². The quantitative estimate of drug-likeness (QED) is 0.249. The van der Waals surface area contributed by atoms with Gasteiger partial charge in [-0.3, -0.25) is 14.4 Å². The molecule has 1 amide bonds. The van der Waals surface area contributed by atoms with Crippen LogP contribution in [0.2, 0.25) is 4.34 Å². The average molecular weight is 608 g/mol. The number of ether oxygens (including phenoxy) is 1. The van der Waals surface area contributed by atoms with E-state index in [4.69, 9.17) is 21.3 Å². The molecule has 1 aromatic carbocycles. The van der Waals surface area contributed by atoms with E-state index in [1.807, 2.05) is 49.7 Å². The van der Waals surface area contributed by atoms with Gasteiger partial charge in [0.15, 0.2) is 5.13 Å². The third-order valence-corrected chi connectivity index (χ3v) is 11.3. The van der Waals surface area contributed by atoms with E-state index >= 15 is 0 Å². The van der Waals surface area contributed by atoms with Crippen LogP contribution in [0.25, 0.3) is 10.2 Å². The summed E-state index contributed by atoms with van der Waals surface area (Å²) < 4.78 is 37.6. The summed E-state index contributed by atoms with van der Waals surface area (Å²) in [7, 11) is -3.89. The van der Waals surface area contributed by atoms with Gasteiger partial charge in [-0.05, 0) is 63.9 Å². The molecule has 3 aromatic heterocycles. The van der Waals surface area contributed by atoms with Gasteiger partial charge in [-0.25, -0.2) is 13.4 Å². The molecule has 1 aliphatic heterocycles. The number of para-hydroxylation sites is 1. The maximum atomic E-state index is 14.3. The first kappa shape index (κ1) is 28.0. The summed E-state index contributed by atoms with van der Waals surface area (Å²) in [6.45, 7) is 7.31. The topological polar surface area (TPSA) is 97.6 Å². The number of benzene rings is 1. The Morgan fingerprint density at radius 1 is 1.21 bits per heavy atom. The number of nitrogens with zero attached hydrogens (tertiary/aromatic N) is 5. The number of aryl methyl sites for hydroxylation is 2. The van der Waals surface area contributed by atoms with Gasteiger partial charge in [0.25, 0.3) is 10.0 Å². The van der Waals surface area contributed by atoms with Crippen molar-refractivity contribution in [2.45, 2.75) is 56.8 Å². The fourth-order valence-corrected chi connectivity index (χ4v) is 9.14. The van der Waals surface area contributed by atoms with Gasteiger partial charge < -0.3 is 4.74 Å². The number of hydrogen-bond donors (Lipinski definition) is 0. The number of aromatic nitrogens is 3. The first-order chi connectivity index (χ1) is 18.7. The van der Waals surface area contributed by atoms with Crippen molar-refractivity contribution in [1.29, 1.82) is 0 Å². The molecular formula is C26H30ClN5O4S3. The molecular weight excluding hydrogens is 578 g/mol. The lowest BCUT2D eigenvalue weighted by Crippen LogP contribution is -2.53. The molecule has 4 heterocycles. The number of amides is 1.